The molecule has 0 aromatic rings. The summed E-state index contributed by atoms with van der Waals surface area (Å²) in [4.78, 5) is 3.07. The summed E-state index contributed by atoms with van der Waals surface area (Å²) in [7, 11) is 0. The summed E-state index contributed by atoms with van der Waals surface area (Å²) in [5, 5.41) is 0.261. The van der Waals surface area contributed by atoms with Crippen molar-refractivity contribution in [2.75, 3.05) is 32.7 Å². The standard InChI is InChI=1S/C7H12F3N3S/c8-7(9,10)5-12-1-3-13(4-2-12)6(11)14/h1-5H2,(H2,11,14). The van der Waals surface area contributed by atoms with Crippen LogP contribution in [0.4, 0.5) is 13.2 Å². The highest BCUT2D eigenvalue weighted by Crippen LogP contribution is 2.17. The zero-order valence-corrected chi connectivity index (χ0v) is 8.37. The molecule has 2 N–H and O–H groups in total. The van der Waals surface area contributed by atoms with Gasteiger partial charge in [-0.1, -0.05) is 0 Å². The molecule has 1 heterocycles. The molecule has 7 heteroatoms. The molecule has 0 spiro atoms. The Morgan fingerprint density at radius 1 is 1.21 bits per heavy atom. The van der Waals surface area contributed by atoms with Gasteiger partial charge in [-0.15, -0.1) is 0 Å². The van der Waals surface area contributed by atoms with Crippen LogP contribution in [0.3, 0.4) is 0 Å². The van der Waals surface area contributed by atoms with Crippen LogP contribution in [-0.2, 0) is 0 Å². The molecule has 0 amide bonds. The van der Waals surface area contributed by atoms with Crippen molar-refractivity contribution in [3.05, 3.63) is 0 Å². The Hall–Kier alpha value is -0.560. The second-order valence-electron chi connectivity index (χ2n) is 3.22. The summed E-state index contributed by atoms with van der Waals surface area (Å²) in [6.45, 7) is 0.822. The van der Waals surface area contributed by atoms with Crippen molar-refractivity contribution in [1.82, 2.24) is 9.80 Å². The minimum Gasteiger partial charge on any atom is -0.376 e. The monoisotopic (exact) mass is 227 g/mol. The highest BCUT2D eigenvalue weighted by molar-refractivity contribution is 7.80. The minimum absolute atomic E-state index is 0.261. The maximum atomic E-state index is 12.0. The molecule has 0 aromatic heterocycles. The van der Waals surface area contributed by atoms with Gasteiger partial charge in [0.25, 0.3) is 0 Å². The van der Waals surface area contributed by atoms with E-state index in [2.05, 4.69) is 0 Å². The van der Waals surface area contributed by atoms with Gasteiger partial charge in [0.05, 0.1) is 6.54 Å². The quantitative estimate of drug-likeness (QED) is 0.658. The molecule has 0 atom stereocenters. The van der Waals surface area contributed by atoms with Crippen LogP contribution in [0.1, 0.15) is 0 Å². The van der Waals surface area contributed by atoms with E-state index in [1.165, 1.54) is 4.90 Å². The smallest absolute Gasteiger partial charge is 0.376 e. The average molecular weight is 227 g/mol. The minimum atomic E-state index is -4.12. The van der Waals surface area contributed by atoms with Gasteiger partial charge in [0, 0.05) is 26.2 Å². The van der Waals surface area contributed by atoms with E-state index >= 15 is 0 Å². The normalized spacial score (nSPS) is 19.8. The second-order valence-corrected chi connectivity index (χ2v) is 3.63. The lowest BCUT2D eigenvalue weighted by atomic mass is 10.3. The first kappa shape index (κ1) is 11.5. The van der Waals surface area contributed by atoms with Crippen molar-refractivity contribution in [2.45, 2.75) is 6.18 Å². The molecule has 1 aliphatic heterocycles. The zero-order valence-electron chi connectivity index (χ0n) is 7.55. The molecular formula is C7H12F3N3S. The fourth-order valence-corrected chi connectivity index (χ4v) is 1.56. The van der Waals surface area contributed by atoms with E-state index in [-0.39, 0.29) is 5.11 Å². The number of nitrogens with two attached hydrogens (primary N) is 1. The van der Waals surface area contributed by atoms with E-state index in [9.17, 15) is 13.2 Å². The van der Waals surface area contributed by atoms with Gasteiger partial charge >= 0.3 is 6.18 Å². The van der Waals surface area contributed by atoms with Gasteiger partial charge in [-0.3, -0.25) is 4.90 Å². The Labute approximate surface area is 85.6 Å². The SMILES string of the molecule is NC(=S)N1CCN(CC(F)(F)F)CC1. The van der Waals surface area contributed by atoms with Crippen molar-refractivity contribution >= 4 is 17.3 Å². The molecule has 3 nitrogen and oxygen atoms in total. The maximum Gasteiger partial charge on any atom is 0.401 e. The molecular weight excluding hydrogens is 215 g/mol. The van der Waals surface area contributed by atoms with Gasteiger partial charge in [0.15, 0.2) is 5.11 Å². The Morgan fingerprint density at radius 3 is 2.07 bits per heavy atom. The first-order valence-electron chi connectivity index (χ1n) is 4.22. The molecule has 0 unspecified atom stereocenters. The highest BCUT2D eigenvalue weighted by atomic mass is 32.1. The maximum absolute atomic E-state index is 12.0. The summed E-state index contributed by atoms with van der Waals surface area (Å²) >= 11 is 4.73. The van der Waals surface area contributed by atoms with Crippen LogP contribution >= 0.6 is 12.2 Å². The zero-order chi connectivity index (χ0) is 10.8. The van der Waals surface area contributed by atoms with E-state index in [0.29, 0.717) is 26.2 Å². The number of halogens is 3. The fourth-order valence-electron chi connectivity index (χ4n) is 1.38. The van der Waals surface area contributed by atoms with Crippen molar-refractivity contribution in [2.24, 2.45) is 5.73 Å². The van der Waals surface area contributed by atoms with Crippen LogP contribution in [0.2, 0.25) is 0 Å². The lowest BCUT2D eigenvalue weighted by molar-refractivity contribution is -0.148. The van der Waals surface area contributed by atoms with Crippen molar-refractivity contribution in [3.63, 3.8) is 0 Å². The molecule has 1 aliphatic rings. The number of rotatable bonds is 1. The summed E-state index contributed by atoms with van der Waals surface area (Å²) < 4.78 is 36.0. The second kappa shape index (κ2) is 4.31. The first-order valence-corrected chi connectivity index (χ1v) is 4.63. The van der Waals surface area contributed by atoms with E-state index in [4.69, 9.17) is 18.0 Å². The number of piperazine rings is 1. The molecule has 1 rings (SSSR count). The van der Waals surface area contributed by atoms with E-state index in [0.717, 1.165) is 0 Å². The Balaban J connectivity index is 2.33. The first-order chi connectivity index (χ1) is 6.38. The largest absolute Gasteiger partial charge is 0.401 e. The van der Waals surface area contributed by atoms with Gasteiger partial charge in [-0.25, -0.2) is 0 Å². The summed E-state index contributed by atoms with van der Waals surface area (Å²) in [6.07, 6.45) is -4.12. The predicted molar refractivity (Wildman–Crippen MR) is 50.9 cm³/mol. The van der Waals surface area contributed by atoms with Crippen molar-refractivity contribution in [1.29, 1.82) is 0 Å². The number of hydrogen-bond donors (Lipinski definition) is 1. The molecule has 82 valence electrons. The molecule has 0 bridgehead atoms. The van der Waals surface area contributed by atoms with Gasteiger partial charge in [-0.2, -0.15) is 13.2 Å². The Morgan fingerprint density at radius 2 is 1.71 bits per heavy atom. The molecule has 1 saturated heterocycles. The highest BCUT2D eigenvalue weighted by Gasteiger charge is 2.32. The Kier molecular flexibility index (Phi) is 3.54. The van der Waals surface area contributed by atoms with Crippen LogP contribution in [0.15, 0.2) is 0 Å². The van der Waals surface area contributed by atoms with Crippen LogP contribution in [-0.4, -0.2) is 53.8 Å². The predicted octanol–water partition coefficient (Wildman–Crippen LogP) is 0.410. The third-order valence-corrected chi connectivity index (χ3v) is 2.35. The molecule has 0 saturated carbocycles. The average Bonchev–Trinajstić information content (AvgIpc) is 2.02. The lowest BCUT2D eigenvalue weighted by Crippen LogP contribution is -2.52. The van der Waals surface area contributed by atoms with Gasteiger partial charge < -0.3 is 10.6 Å². The van der Waals surface area contributed by atoms with Crippen LogP contribution < -0.4 is 5.73 Å². The third kappa shape index (κ3) is 3.67. The molecule has 0 radical (unpaired) electrons. The van der Waals surface area contributed by atoms with Crippen molar-refractivity contribution < 1.29 is 13.2 Å². The summed E-state index contributed by atoms with van der Waals surface area (Å²) in [5.41, 5.74) is 5.36. The van der Waals surface area contributed by atoms with E-state index in [1.807, 2.05) is 0 Å². The van der Waals surface area contributed by atoms with Gasteiger partial charge in [0.1, 0.15) is 0 Å². The van der Waals surface area contributed by atoms with E-state index < -0.39 is 12.7 Å². The molecule has 14 heavy (non-hydrogen) atoms. The number of nitrogens with zero attached hydrogens (tertiary/aromatic N) is 2. The lowest BCUT2D eigenvalue weighted by Gasteiger charge is -2.35. The molecule has 0 aliphatic carbocycles. The van der Waals surface area contributed by atoms with Gasteiger partial charge in [-0.05, 0) is 12.2 Å². The Bertz CT molecular complexity index is 211. The number of hydrogen-bond acceptors (Lipinski definition) is 2. The van der Waals surface area contributed by atoms with Crippen LogP contribution in [0, 0.1) is 0 Å². The van der Waals surface area contributed by atoms with Crippen molar-refractivity contribution in [3.8, 4) is 0 Å². The number of alkyl halides is 3. The van der Waals surface area contributed by atoms with Crippen LogP contribution in [0.5, 0.6) is 0 Å². The fraction of sp³-hybridized carbons (Fsp3) is 0.857. The topological polar surface area (TPSA) is 32.5 Å². The molecule has 1 fully saturated rings. The van der Waals surface area contributed by atoms with Crippen LogP contribution in [0.25, 0.3) is 0 Å². The molecule has 0 aromatic carbocycles. The number of thiocarbonyl (C=S) groups is 1. The summed E-state index contributed by atoms with van der Waals surface area (Å²) in [5.74, 6) is 0. The third-order valence-electron chi connectivity index (χ3n) is 2.09. The van der Waals surface area contributed by atoms with E-state index in [1.54, 1.807) is 4.90 Å². The summed E-state index contributed by atoms with van der Waals surface area (Å²) in [6, 6.07) is 0. The van der Waals surface area contributed by atoms with Gasteiger partial charge in [0.2, 0.25) is 0 Å².